The summed E-state index contributed by atoms with van der Waals surface area (Å²) in [6.07, 6.45) is -0.575. The second-order valence-electron chi connectivity index (χ2n) is 5.95. The predicted molar refractivity (Wildman–Crippen MR) is 75.9 cm³/mol. The molecule has 0 spiro atoms. The van der Waals surface area contributed by atoms with Gasteiger partial charge in [-0.1, -0.05) is 0 Å². The molecule has 0 unspecified atom stereocenters. The van der Waals surface area contributed by atoms with Crippen LogP contribution in [0.4, 0.5) is 13.2 Å². The van der Waals surface area contributed by atoms with Crippen molar-refractivity contribution in [1.29, 1.82) is 0 Å². The zero-order chi connectivity index (χ0) is 16.5. The van der Waals surface area contributed by atoms with Gasteiger partial charge in [-0.25, -0.2) is 8.42 Å². The zero-order valence-electron chi connectivity index (χ0n) is 12.6. The van der Waals surface area contributed by atoms with Crippen molar-refractivity contribution < 1.29 is 21.6 Å². The Morgan fingerprint density at radius 1 is 1.32 bits per heavy atom. The molecule has 0 aromatic carbocycles. The number of halogens is 3. The summed E-state index contributed by atoms with van der Waals surface area (Å²) in [5, 5.41) is 3.70. The maximum Gasteiger partial charge on any atom is 0.433 e. The summed E-state index contributed by atoms with van der Waals surface area (Å²) < 4.78 is 62.4. The predicted octanol–water partition coefficient (Wildman–Crippen LogP) is 1.70. The van der Waals surface area contributed by atoms with Gasteiger partial charge in [-0.2, -0.15) is 18.3 Å². The van der Waals surface area contributed by atoms with Crippen LogP contribution in [0.3, 0.4) is 0 Å². The third kappa shape index (κ3) is 4.45. The number of aromatic nitrogens is 2. The van der Waals surface area contributed by atoms with Gasteiger partial charge in [0, 0.05) is 25.4 Å². The number of alkyl halides is 3. The van der Waals surface area contributed by atoms with Crippen LogP contribution in [0.2, 0.25) is 0 Å². The van der Waals surface area contributed by atoms with Crippen LogP contribution in [-0.4, -0.2) is 48.2 Å². The van der Waals surface area contributed by atoms with E-state index in [0.717, 1.165) is 4.68 Å². The molecule has 0 bridgehead atoms. The molecule has 2 rings (SSSR count). The Morgan fingerprint density at radius 2 is 1.91 bits per heavy atom. The number of sulfone groups is 1. The summed E-state index contributed by atoms with van der Waals surface area (Å²) in [5.41, 5.74) is -0.553. The minimum atomic E-state index is -4.42. The van der Waals surface area contributed by atoms with E-state index >= 15 is 0 Å². The Morgan fingerprint density at radius 3 is 2.41 bits per heavy atom. The average molecular weight is 339 g/mol. The molecule has 9 heteroatoms. The van der Waals surface area contributed by atoms with Crippen molar-refractivity contribution in [2.45, 2.75) is 25.6 Å². The van der Waals surface area contributed by atoms with E-state index in [2.05, 4.69) is 5.10 Å². The molecule has 1 aromatic rings. The van der Waals surface area contributed by atoms with Crippen LogP contribution in [0.5, 0.6) is 0 Å². The molecule has 1 aromatic heterocycles. The fraction of sp³-hybridized carbons (Fsp3) is 0.769. The second-order valence-corrected chi connectivity index (χ2v) is 8.14. The minimum Gasteiger partial charge on any atom is -0.299 e. The normalized spacial score (nSPS) is 18.8. The number of rotatable bonds is 4. The van der Waals surface area contributed by atoms with Gasteiger partial charge in [-0.3, -0.25) is 9.58 Å². The molecule has 0 saturated carbocycles. The van der Waals surface area contributed by atoms with E-state index in [4.69, 9.17) is 0 Å². The summed E-state index contributed by atoms with van der Waals surface area (Å²) in [4.78, 5) is 1.92. The number of aryl methyl sites for hydroxylation is 1. The summed E-state index contributed by atoms with van der Waals surface area (Å²) in [6.45, 7) is 1.40. The molecular weight excluding hydrogens is 319 g/mol. The van der Waals surface area contributed by atoms with Crippen LogP contribution >= 0.6 is 0 Å². The smallest absolute Gasteiger partial charge is 0.299 e. The Hall–Kier alpha value is -1.09. The van der Waals surface area contributed by atoms with E-state index in [0.29, 0.717) is 25.9 Å². The lowest BCUT2D eigenvalue weighted by molar-refractivity contribution is -0.144. The monoisotopic (exact) mass is 339 g/mol. The number of hydrogen-bond acceptors (Lipinski definition) is 4. The fourth-order valence-corrected chi connectivity index (χ4v) is 4.13. The van der Waals surface area contributed by atoms with Gasteiger partial charge >= 0.3 is 6.18 Å². The average Bonchev–Trinajstić information content (AvgIpc) is 2.71. The lowest BCUT2D eigenvalue weighted by atomic mass is 9.98. The van der Waals surface area contributed by atoms with Crippen molar-refractivity contribution in [3.8, 4) is 0 Å². The Balaban J connectivity index is 1.97. The highest BCUT2D eigenvalue weighted by Gasteiger charge is 2.37. The quantitative estimate of drug-likeness (QED) is 0.838. The molecule has 2 heterocycles. The maximum absolute atomic E-state index is 13.0. The van der Waals surface area contributed by atoms with Gasteiger partial charge in [-0.05, 0) is 31.8 Å². The summed E-state index contributed by atoms with van der Waals surface area (Å²) in [7, 11) is -1.72. The third-order valence-electron chi connectivity index (χ3n) is 3.92. The first-order valence-corrected chi connectivity index (χ1v) is 9.10. The Bertz CT molecular complexity index is 617. The molecule has 1 aliphatic heterocycles. The molecule has 126 valence electrons. The molecule has 0 amide bonds. The highest BCUT2D eigenvalue weighted by molar-refractivity contribution is 7.90. The maximum atomic E-state index is 13.0. The van der Waals surface area contributed by atoms with Gasteiger partial charge in [0.05, 0.1) is 11.9 Å². The molecule has 1 saturated heterocycles. The van der Waals surface area contributed by atoms with E-state index < -0.39 is 21.7 Å². The first-order valence-electron chi connectivity index (χ1n) is 7.04. The Labute approximate surface area is 128 Å². The van der Waals surface area contributed by atoms with Crippen molar-refractivity contribution in [2.75, 3.05) is 25.1 Å². The van der Waals surface area contributed by atoms with E-state index in [1.807, 2.05) is 4.90 Å². The van der Waals surface area contributed by atoms with Gasteiger partial charge in [0.1, 0.15) is 15.5 Å². The van der Waals surface area contributed by atoms with Crippen LogP contribution in [0.15, 0.2) is 6.20 Å². The van der Waals surface area contributed by atoms with Crippen LogP contribution < -0.4 is 0 Å². The number of likely N-dealkylation sites (tertiary alicyclic amines) is 1. The molecule has 1 fully saturated rings. The molecule has 1 aliphatic rings. The van der Waals surface area contributed by atoms with Crippen molar-refractivity contribution in [3.63, 3.8) is 0 Å². The van der Waals surface area contributed by atoms with E-state index in [-0.39, 0.29) is 23.8 Å². The molecule has 0 atom stereocenters. The van der Waals surface area contributed by atoms with Crippen LogP contribution in [-0.2, 0) is 29.6 Å². The molecule has 0 aliphatic carbocycles. The largest absolute Gasteiger partial charge is 0.433 e. The van der Waals surface area contributed by atoms with Gasteiger partial charge in [0.2, 0.25) is 0 Å². The molecular formula is C13H20F3N3O2S. The third-order valence-corrected chi connectivity index (χ3v) is 5.00. The lowest BCUT2D eigenvalue weighted by Crippen LogP contribution is -2.35. The zero-order valence-corrected chi connectivity index (χ0v) is 13.4. The molecule has 0 radical (unpaired) electrons. The summed E-state index contributed by atoms with van der Waals surface area (Å²) in [6, 6.07) is 0. The highest BCUT2D eigenvalue weighted by atomic mass is 32.2. The van der Waals surface area contributed by atoms with Crippen LogP contribution in [0.25, 0.3) is 0 Å². The van der Waals surface area contributed by atoms with Gasteiger partial charge in [0.25, 0.3) is 0 Å². The SMILES string of the molecule is Cn1ncc(CN2CCC(CS(C)(=O)=O)CC2)c1C(F)(F)F. The minimum absolute atomic E-state index is 0.0993. The first kappa shape index (κ1) is 17.3. The van der Waals surface area contributed by atoms with Crippen LogP contribution in [0, 0.1) is 5.92 Å². The Kier molecular flexibility index (Phi) is 4.86. The first-order chi connectivity index (χ1) is 10.1. The fourth-order valence-electron chi connectivity index (χ4n) is 2.94. The van der Waals surface area contributed by atoms with E-state index in [9.17, 15) is 21.6 Å². The lowest BCUT2D eigenvalue weighted by Gasteiger charge is -2.31. The van der Waals surface area contributed by atoms with Crippen molar-refractivity contribution in [2.24, 2.45) is 13.0 Å². The molecule has 5 nitrogen and oxygen atoms in total. The van der Waals surface area contributed by atoms with Crippen LogP contribution in [0.1, 0.15) is 24.1 Å². The summed E-state index contributed by atoms with van der Waals surface area (Å²) >= 11 is 0. The molecule has 0 N–H and O–H groups in total. The second kappa shape index (κ2) is 6.19. The molecule has 22 heavy (non-hydrogen) atoms. The van der Waals surface area contributed by atoms with Gasteiger partial charge in [-0.15, -0.1) is 0 Å². The van der Waals surface area contributed by atoms with E-state index in [1.54, 1.807) is 0 Å². The van der Waals surface area contributed by atoms with Crippen molar-refractivity contribution in [3.05, 3.63) is 17.5 Å². The highest BCUT2D eigenvalue weighted by Crippen LogP contribution is 2.32. The van der Waals surface area contributed by atoms with Gasteiger partial charge < -0.3 is 0 Å². The number of piperidine rings is 1. The van der Waals surface area contributed by atoms with Crippen molar-refractivity contribution >= 4 is 9.84 Å². The van der Waals surface area contributed by atoms with Gasteiger partial charge in [0.15, 0.2) is 0 Å². The number of nitrogens with zero attached hydrogens (tertiary/aromatic N) is 3. The van der Waals surface area contributed by atoms with Crippen molar-refractivity contribution in [1.82, 2.24) is 14.7 Å². The summed E-state index contributed by atoms with van der Waals surface area (Å²) in [5.74, 6) is 0.254. The number of hydrogen-bond donors (Lipinski definition) is 0. The topological polar surface area (TPSA) is 55.2 Å². The van der Waals surface area contributed by atoms with E-state index in [1.165, 1.54) is 19.5 Å². The standard InChI is InChI=1S/C13H20F3N3O2S/c1-18-12(13(14,15)16)11(7-17-18)8-19-5-3-10(4-6-19)9-22(2,20)21/h7,10H,3-6,8-9H2,1-2H3.